The van der Waals surface area contributed by atoms with Gasteiger partial charge in [0.05, 0.1) is 0 Å². The molecule has 0 aliphatic heterocycles. The second-order valence-corrected chi connectivity index (χ2v) is 4.66. The quantitative estimate of drug-likeness (QED) is 0.710. The lowest BCUT2D eigenvalue weighted by atomic mass is 10.1. The predicted molar refractivity (Wildman–Crippen MR) is 75.3 cm³/mol. The van der Waals surface area contributed by atoms with Crippen LogP contribution in [0.4, 0.5) is 4.79 Å². The number of carboxylic acid groups (broad SMARTS) is 1. The number of pyridine rings is 1. The summed E-state index contributed by atoms with van der Waals surface area (Å²) in [4.78, 5) is 26.7. The van der Waals surface area contributed by atoms with Gasteiger partial charge in [-0.3, -0.25) is 4.98 Å². The number of urea groups is 1. The average molecular weight is 279 g/mol. The van der Waals surface area contributed by atoms with Crippen molar-refractivity contribution < 1.29 is 14.7 Å². The van der Waals surface area contributed by atoms with Crippen molar-refractivity contribution in [1.82, 2.24) is 15.6 Å². The van der Waals surface area contributed by atoms with Gasteiger partial charge in [0.2, 0.25) is 0 Å². The Bertz CT molecular complexity index is 463. The monoisotopic (exact) mass is 279 g/mol. The maximum Gasteiger partial charge on any atom is 0.326 e. The van der Waals surface area contributed by atoms with Crippen molar-refractivity contribution in [1.29, 1.82) is 0 Å². The van der Waals surface area contributed by atoms with Crippen molar-refractivity contribution in [2.45, 2.75) is 45.7 Å². The number of carbonyl (C=O) groups is 2. The van der Waals surface area contributed by atoms with Gasteiger partial charge < -0.3 is 15.7 Å². The lowest BCUT2D eigenvalue weighted by Gasteiger charge is -2.15. The number of hydrogen-bond acceptors (Lipinski definition) is 3. The standard InChI is InChI=1S/C14H21N3O3/c1-3-4-5-12(13(18)19)17-14(20)16-9-11-6-7-15-8-10(11)2/h6-8,12H,3-5,9H2,1-2H3,(H,18,19)(H2,16,17,20)/t12-/m0/s1. The van der Waals surface area contributed by atoms with E-state index < -0.39 is 18.0 Å². The average Bonchev–Trinajstić information content (AvgIpc) is 2.42. The molecule has 3 N–H and O–H groups in total. The van der Waals surface area contributed by atoms with Crippen molar-refractivity contribution in [3.8, 4) is 0 Å². The fraction of sp³-hybridized carbons (Fsp3) is 0.500. The first-order chi connectivity index (χ1) is 9.54. The van der Waals surface area contributed by atoms with Crippen LogP contribution < -0.4 is 10.6 Å². The number of hydrogen-bond donors (Lipinski definition) is 3. The van der Waals surface area contributed by atoms with E-state index in [2.05, 4.69) is 15.6 Å². The van der Waals surface area contributed by atoms with Crippen molar-refractivity contribution in [3.63, 3.8) is 0 Å². The molecule has 1 heterocycles. The molecule has 0 saturated heterocycles. The summed E-state index contributed by atoms with van der Waals surface area (Å²) < 4.78 is 0. The zero-order chi connectivity index (χ0) is 15.0. The van der Waals surface area contributed by atoms with Crippen molar-refractivity contribution in [2.24, 2.45) is 0 Å². The molecule has 2 amide bonds. The number of rotatable bonds is 7. The van der Waals surface area contributed by atoms with E-state index in [4.69, 9.17) is 5.11 Å². The Morgan fingerprint density at radius 1 is 1.45 bits per heavy atom. The second kappa shape index (κ2) is 8.14. The Kier molecular flexibility index (Phi) is 6.49. The van der Waals surface area contributed by atoms with E-state index in [-0.39, 0.29) is 0 Å². The lowest BCUT2D eigenvalue weighted by Crippen LogP contribution is -2.45. The van der Waals surface area contributed by atoms with E-state index in [1.165, 1.54) is 0 Å². The first-order valence-corrected chi connectivity index (χ1v) is 6.71. The number of carboxylic acids is 1. The Labute approximate surface area is 118 Å². The van der Waals surface area contributed by atoms with Gasteiger partial charge in [-0.05, 0) is 30.5 Å². The number of nitrogens with zero attached hydrogens (tertiary/aromatic N) is 1. The van der Waals surface area contributed by atoms with Gasteiger partial charge in [0.1, 0.15) is 6.04 Å². The summed E-state index contributed by atoms with van der Waals surface area (Å²) in [5.74, 6) is -1.01. The maximum absolute atomic E-state index is 11.7. The first-order valence-electron chi connectivity index (χ1n) is 6.71. The number of aryl methyl sites for hydroxylation is 1. The molecule has 0 aliphatic carbocycles. The number of aromatic nitrogens is 1. The summed E-state index contributed by atoms with van der Waals surface area (Å²) in [5, 5.41) is 14.2. The minimum atomic E-state index is -1.01. The summed E-state index contributed by atoms with van der Waals surface area (Å²) in [6.45, 7) is 4.23. The van der Waals surface area contributed by atoms with Crippen molar-refractivity contribution in [2.75, 3.05) is 0 Å². The zero-order valence-corrected chi connectivity index (χ0v) is 11.8. The van der Waals surface area contributed by atoms with Crippen LogP contribution in [-0.4, -0.2) is 28.1 Å². The summed E-state index contributed by atoms with van der Waals surface area (Å²) in [6, 6.07) is 0.514. The summed E-state index contributed by atoms with van der Waals surface area (Å²) in [7, 11) is 0. The van der Waals surface area contributed by atoms with Gasteiger partial charge in [-0.15, -0.1) is 0 Å². The van der Waals surface area contributed by atoms with Crippen LogP contribution in [0, 0.1) is 6.92 Å². The Morgan fingerprint density at radius 3 is 2.80 bits per heavy atom. The van der Waals surface area contributed by atoms with Gasteiger partial charge in [0, 0.05) is 18.9 Å². The van der Waals surface area contributed by atoms with E-state index in [0.29, 0.717) is 13.0 Å². The molecule has 6 nitrogen and oxygen atoms in total. The molecular formula is C14H21N3O3. The Morgan fingerprint density at radius 2 is 2.20 bits per heavy atom. The molecule has 0 bridgehead atoms. The molecule has 0 radical (unpaired) electrons. The normalized spacial score (nSPS) is 11.7. The van der Waals surface area contributed by atoms with E-state index in [1.54, 1.807) is 12.4 Å². The highest BCUT2D eigenvalue weighted by Gasteiger charge is 2.18. The molecule has 0 saturated carbocycles. The van der Waals surface area contributed by atoms with Gasteiger partial charge in [0.25, 0.3) is 0 Å². The van der Waals surface area contributed by atoms with Crippen LogP contribution in [0.15, 0.2) is 18.5 Å². The predicted octanol–water partition coefficient (Wildman–Crippen LogP) is 1.83. The number of nitrogens with one attached hydrogen (secondary N) is 2. The van der Waals surface area contributed by atoms with Crippen molar-refractivity contribution >= 4 is 12.0 Å². The molecule has 0 aliphatic rings. The zero-order valence-electron chi connectivity index (χ0n) is 11.8. The molecule has 0 unspecified atom stereocenters. The highest BCUT2D eigenvalue weighted by atomic mass is 16.4. The molecule has 1 atom stereocenters. The van der Waals surface area contributed by atoms with E-state index in [1.807, 2.05) is 19.9 Å². The SMILES string of the molecule is CCCC[C@H](NC(=O)NCc1ccncc1C)C(=O)O. The highest BCUT2D eigenvalue weighted by molar-refractivity contribution is 5.82. The van der Waals surface area contributed by atoms with Crippen LogP contribution >= 0.6 is 0 Å². The van der Waals surface area contributed by atoms with Crippen LogP contribution in [0.2, 0.25) is 0 Å². The number of unbranched alkanes of at least 4 members (excludes halogenated alkanes) is 1. The molecule has 0 fully saturated rings. The minimum Gasteiger partial charge on any atom is -0.480 e. The molecule has 0 spiro atoms. The third-order valence-corrected chi connectivity index (χ3v) is 3.03. The summed E-state index contributed by atoms with van der Waals surface area (Å²) in [6.07, 6.45) is 5.47. The Hall–Kier alpha value is -2.11. The fourth-order valence-electron chi connectivity index (χ4n) is 1.75. The molecule has 1 aromatic rings. The van der Waals surface area contributed by atoms with E-state index >= 15 is 0 Å². The maximum atomic E-state index is 11.7. The van der Waals surface area contributed by atoms with Gasteiger partial charge in [0.15, 0.2) is 0 Å². The van der Waals surface area contributed by atoms with Gasteiger partial charge >= 0.3 is 12.0 Å². The van der Waals surface area contributed by atoms with E-state index in [9.17, 15) is 9.59 Å². The largest absolute Gasteiger partial charge is 0.480 e. The van der Waals surface area contributed by atoms with Crippen LogP contribution in [0.25, 0.3) is 0 Å². The lowest BCUT2D eigenvalue weighted by molar-refractivity contribution is -0.139. The van der Waals surface area contributed by atoms with Gasteiger partial charge in [-0.1, -0.05) is 19.8 Å². The molecule has 6 heteroatoms. The molecular weight excluding hydrogens is 258 g/mol. The molecule has 1 rings (SSSR count). The third-order valence-electron chi connectivity index (χ3n) is 3.03. The highest BCUT2D eigenvalue weighted by Crippen LogP contribution is 2.04. The minimum absolute atomic E-state index is 0.348. The fourth-order valence-corrected chi connectivity index (χ4v) is 1.75. The number of carbonyl (C=O) groups excluding carboxylic acids is 1. The van der Waals surface area contributed by atoms with Gasteiger partial charge in [-0.25, -0.2) is 9.59 Å². The van der Waals surface area contributed by atoms with Crippen LogP contribution in [0.3, 0.4) is 0 Å². The molecule has 0 aromatic carbocycles. The summed E-state index contributed by atoms with van der Waals surface area (Å²) >= 11 is 0. The molecule has 110 valence electrons. The van der Waals surface area contributed by atoms with Crippen LogP contribution in [0.5, 0.6) is 0 Å². The van der Waals surface area contributed by atoms with Crippen molar-refractivity contribution in [3.05, 3.63) is 29.6 Å². The molecule has 20 heavy (non-hydrogen) atoms. The first kappa shape index (κ1) is 15.9. The van der Waals surface area contributed by atoms with Crippen LogP contribution in [-0.2, 0) is 11.3 Å². The second-order valence-electron chi connectivity index (χ2n) is 4.66. The molecule has 1 aromatic heterocycles. The van der Waals surface area contributed by atoms with E-state index in [0.717, 1.165) is 24.0 Å². The van der Waals surface area contributed by atoms with Gasteiger partial charge in [-0.2, -0.15) is 0 Å². The Balaban J connectivity index is 2.46. The summed E-state index contributed by atoms with van der Waals surface area (Å²) in [5.41, 5.74) is 1.93. The topological polar surface area (TPSA) is 91.3 Å². The number of aliphatic carboxylic acids is 1. The number of amides is 2. The van der Waals surface area contributed by atoms with Crippen LogP contribution in [0.1, 0.15) is 37.3 Å². The third kappa shape index (κ3) is 5.26. The smallest absolute Gasteiger partial charge is 0.326 e.